The number of nitrogens with one attached hydrogen (secondary N) is 2. The van der Waals surface area contributed by atoms with Crippen molar-refractivity contribution in [2.24, 2.45) is 5.73 Å². The van der Waals surface area contributed by atoms with E-state index in [1.165, 1.54) is 7.11 Å². The molecule has 18 heavy (non-hydrogen) atoms. The average Bonchev–Trinajstić information content (AvgIpc) is 2.40. The van der Waals surface area contributed by atoms with Gasteiger partial charge >= 0.3 is 0 Å². The zero-order valence-electron chi connectivity index (χ0n) is 10.4. The molecule has 0 aliphatic heterocycles. The molecule has 0 unspecified atom stereocenters. The number of anilines is 2. The molecule has 98 valence electrons. The lowest BCUT2D eigenvalue weighted by molar-refractivity contribution is -0.116. The van der Waals surface area contributed by atoms with Gasteiger partial charge in [0.25, 0.3) is 0 Å². The largest absolute Gasteiger partial charge is 0.497 e. The van der Waals surface area contributed by atoms with Crippen LogP contribution < -0.4 is 21.1 Å². The molecule has 0 fully saturated rings. The van der Waals surface area contributed by atoms with Gasteiger partial charge in [0.1, 0.15) is 5.75 Å². The Morgan fingerprint density at radius 3 is 2.44 bits per heavy atom. The van der Waals surface area contributed by atoms with Gasteiger partial charge < -0.3 is 21.1 Å². The van der Waals surface area contributed by atoms with Crippen molar-refractivity contribution in [2.45, 2.75) is 13.3 Å². The summed E-state index contributed by atoms with van der Waals surface area (Å²) in [5.41, 5.74) is 6.22. The summed E-state index contributed by atoms with van der Waals surface area (Å²) >= 11 is 0. The van der Waals surface area contributed by atoms with E-state index in [1.54, 1.807) is 25.1 Å². The van der Waals surface area contributed by atoms with Crippen LogP contribution in [-0.2, 0) is 9.59 Å². The van der Waals surface area contributed by atoms with E-state index in [1.807, 2.05) is 0 Å². The third-order valence-electron chi connectivity index (χ3n) is 2.28. The average molecular weight is 251 g/mol. The van der Waals surface area contributed by atoms with Gasteiger partial charge in [0.05, 0.1) is 25.0 Å². The SMILES string of the molecule is CCC(=O)Nc1ccc(OC)cc1NC(=O)CN. The number of ether oxygens (including phenoxy) is 1. The van der Waals surface area contributed by atoms with Crippen LogP contribution in [0.4, 0.5) is 11.4 Å². The van der Waals surface area contributed by atoms with Gasteiger partial charge in [-0.25, -0.2) is 0 Å². The molecular weight excluding hydrogens is 234 g/mol. The number of hydrogen-bond donors (Lipinski definition) is 3. The van der Waals surface area contributed by atoms with Crippen LogP contribution in [-0.4, -0.2) is 25.5 Å². The molecule has 1 rings (SSSR count). The summed E-state index contributed by atoms with van der Waals surface area (Å²) in [6, 6.07) is 4.99. The van der Waals surface area contributed by atoms with E-state index in [-0.39, 0.29) is 18.4 Å². The van der Waals surface area contributed by atoms with Crippen LogP contribution in [0, 0.1) is 0 Å². The molecule has 0 aliphatic rings. The number of carbonyl (C=O) groups is 2. The number of hydrogen-bond acceptors (Lipinski definition) is 4. The second kappa shape index (κ2) is 6.61. The van der Waals surface area contributed by atoms with Gasteiger partial charge in [-0.1, -0.05) is 6.92 Å². The van der Waals surface area contributed by atoms with Crippen LogP contribution in [0.15, 0.2) is 18.2 Å². The Morgan fingerprint density at radius 1 is 1.22 bits per heavy atom. The van der Waals surface area contributed by atoms with Crippen LogP contribution in [0.2, 0.25) is 0 Å². The Hall–Kier alpha value is -2.08. The number of nitrogens with two attached hydrogens (primary N) is 1. The van der Waals surface area contributed by atoms with E-state index in [2.05, 4.69) is 10.6 Å². The van der Waals surface area contributed by atoms with Crippen molar-refractivity contribution >= 4 is 23.2 Å². The van der Waals surface area contributed by atoms with E-state index >= 15 is 0 Å². The fraction of sp³-hybridized carbons (Fsp3) is 0.333. The highest BCUT2D eigenvalue weighted by atomic mass is 16.5. The van der Waals surface area contributed by atoms with E-state index < -0.39 is 0 Å². The first-order chi connectivity index (χ1) is 8.60. The van der Waals surface area contributed by atoms with Crippen molar-refractivity contribution in [1.29, 1.82) is 0 Å². The molecule has 0 heterocycles. The predicted octanol–water partition coefficient (Wildman–Crippen LogP) is 0.941. The minimum Gasteiger partial charge on any atom is -0.497 e. The molecule has 0 spiro atoms. The zero-order chi connectivity index (χ0) is 13.5. The highest BCUT2D eigenvalue weighted by Gasteiger charge is 2.09. The topological polar surface area (TPSA) is 93.5 Å². The summed E-state index contributed by atoms with van der Waals surface area (Å²) in [4.78, 5) is 22.7. The van der Waals surface area contributed by atoms with E-state index in [0.717, 1.165) is 0 Å². The lowest BCUT2D eigenvalue weighted by atomic mass is 10.2. The lowest BCUT2D eigenvalue weighted by Gasteiger charge is -2.13. The first kappa shape index (κ1) is 14.0. The van der Waals surface area contributed by atoms with E-state index in [4.69, 9.17) is 10.5 Å². The van der Waals surface area contributed by atoms with Crippen molar-refractivity contribution in [3.05, 3.63) is 18.2 Å². The maximum Gasteiger partial charge on any atom is 0.238 e. The highest BCUT2D eigenvalue weighted by Crippen LogP contribution is 2.27. The summed E-state index contributed by atoms with van der Waals surface area (Å²) in [7, 11) is 1.52. The van der Waals surface area contributed by atoms with Crippen molar-refractivity contribution in [3.8, 4) is 5.75 Å². The van der Waals surface area contributed by atoms with Gasteiger partial charge in [-0.05, 0) is 12.1 Å². The fourth-order valence-electron chi connectivity index (χ4n) is 1.30. The molecule has 1 aromatic rings. The van der Waals surface area contributed by atoms with Gasteiger partial charge in [-0.15, -0.1) is 0 Å². The summed E-state index contributed by atoms with van der Waals surface area (Å²) in [6.07, 6.45) is 0.357. The first-order valence-corrected chi connectivity index (χ1v) is 5.58. The summed E-state index contributed by atoms with van der Waals surface area (Å²) < 4.78 is 5.06. The Morgan fingerprint density at radius 2 is 1.89 bits per heavy atom. The van der Waals surface area contributed by atoms with Crippen molar-refractivity contribution < 1.29 is 14.3 Å². The van der Waals surface area contributed by atoms with Gasteiger partial charge in [0.2, 0.25) is 11.8 Å². The van der Waals surface area contributed by atoms with Crippen LogP contribution in [0.1, 0.15) is 13.3 Å². The quantitative estimate of drug-likeness (QED) is 0.726. The Kier molecular flexibility index (Phi) is 5.13. The second-order valence-corrected chi connectivity index (χ2v) is 3.57. The molecule has 0 bridgehead atoms. The minimum atomic E-state index is -0.338. The Bertz CT molecular complexity index is 446. The van der Waals surface area contributed by atoms with Gasteiger partial charge in [0.15, 0.2) is 0 Å². The fourth-order valence-corrected chi connectivity index (χ4v) is 1.30. The Balaban J connectivity index is 2.99. The summed E-state index contributed by atoms with van der Waals surface area (Å²) in [6.45, 7) is 1.62. The molecule has 0 aromatic heterocycles. The highest BCUT2D eigenvalue weighted by molar-refractivity contribution is 6.00. The molecule has 0 saturated carbocycles. The Labute approximate surface area is 105 Å². The number of carbonyl (C=O) groups excluding carboxylic acids is 2. The van der Waals surface area contributed by atoms with E-state index in [0.29, 0.717) is 23.5 Å². The third-order valence-corrected chi connectivity index (χ3v) is 2.28. The van der Waals surface area contributed by atoms with Gasteiger partial charge in [-0.2, -0.15) is 0 Å². The molecule has 0 radical (unpaired) electrons. The van der Waals surface area contributed by atoms with Crippen LogP contribution >= 0.6 is 0 Å². The molecule has 0 aliphatic carbocycles. The summed E-state index contributed by atoms with van der Waals surface area (Å²) in [5, 5.41) is 5.30. The first-order valence-electron chi connectivity index (χ1n) is 5.58. The zero-order valence-corrected chi connectivity index (χ0v) is 10.4. The number of rotatable bonds is 5. The second-order valence-electron chi connectivity index (χ2n) is 3.57. The predicted molar refractivity (Wildman–Crippen MR) is 69.6 cm³/mol. The van der Waals surface area contributed by atoms with Crippen LogP contribution in [0.5, 0.6) is 5.75 Å². The third kappa shape index (κ3) is 3.74. The van der Waals surface area contributed by atoms with E-state index in [9.17, 15) is 9.59 Å². The van der Waals surface area contributed by atoms with Crippen LogP contribution in [0.3, 0.4) is 0 Å². The molecule has 6 heteroatoms. The smallest absolute Gasteiger partial charge is 0.238 e. The molecule has 2 amide bonds. The van der Waals surface area contributed by atoms with Gasteiger partial charge in [0, 0.05) is 12.5 Å². The van der Waals surface area contributed by atoms with Crippen molar-refractivity contribution in [2.75, 3.05) is 24.3 Å². The molecule has 4 N–H and O–H groups in total. The molecule has 0 saturated heterocycles. The number of methoxy groups -OCH3 is 1. The molecule has 6 nitrogen and oxygen atoms in total. The minimum absolute atomic E-state index is 0.127. The monoisotopic (exact) mass is 251 g/mol. The number of amides is 2. The normalized spacial score (nSPS) is 9.72. The maximum atomic E-state index is 11.4. The number of benzene rings is 1. The van der Waals surface area contributed by atoms with Crippen molar-refractivity contribution in [1.82, 2.24) is 0 Å². The molecular formula is C12H17N3O3. The van der Waals surface area contributed by atoms with Crippen molar-refractivity contribution in [3.63, 3.8) is 0 Å². The maximum absolute atomic E-state index is 11.4. The molecule has 1 aromatic carbocycles. The lowest BCUT2D eigenvalue weighted by Crippen LogP contribution is -2.23. The standard InChI is InChI=1S/C12H17N3O3/c1-3-11(16)14-9-5-4-8(18-2)6-10(9)15-12(17)7-13/h4-6H,3,7,13H2,1-2H3,(H,14,16)(H,15,17). The summed E-state index contributed by atoms with van der Waals surface area (Å²) in [5.74, 6) is 0.107. The molecule has 0 atom stereocenters. The van der Waals surface area contributed by atoms with Crippen LogP contribution in [0.25, 0.3) is 0 Å². The van der Waals surface area contributed by atoms with Gasteiger partial charge in [-0.3, -0.25) is 9.59 Å².